The third-order valence-corrected chi connectivity index (χ3v) is 3.23. The number of methoxy groups -OCH3 is 1. The monoisotopic (exact) mass is 280 g/mol. The highest BCUT2D eigenvalue weighted by Gasteiger charge is 2.16. The smallest absolute Gasteiger partial charge is 0.257 e. The second-order valence-electron chi connectivity index (χ2n) is 4.09. The molecular weight excluding hydrogens is 264 g/mol. The van der Waals surface area contributed by atoms with Gasteiger partial charge in [0.1, 0.15) is 5.75 Å². The maximum atomic E-state index is 12.0. The quantitative estimate of drug-likeness (QED) is 0.820. The Balaban J connectivity index is 1.93. The van der Waals surface area contributed by atoms with Gasteiger partial charge < -0.3 is 14.4 Å². The second-order valence-corrected chi connectivity index (χ2v) is 4.47. The standard InChI is InChI=1S/C13H16N2O3S/c1-17-11-4-2-10(3-5-11)12(16)14-13(19)15-6-8-18-9-7-15/h2-5H,6-9H2,1H3,(H,14,16,19). The highest BCUT2D eigenvalue weighted by atomic mass is 32.1. The van der Waals surface area contributed by atoms with E-state index in [4.69, 9.17) is 21.7 Å². The van der Waals surface area contributed by atoms with Crippen molar-refractivity contribution in [1.82, 2.24) is 10.2 Å². The molecule has 19 heavy (non-hydrogen) atoms. The Morgan fingerprint density at radius 1 is 1.32 bits per heavy atom. The molecule has 5 nitrogen and oxygen atoms in total. The van der Waals surface area contributed by atoms with Gasteiger partial charge in [-0.3, -0.25) is 10.1 Å². The van der Waals surface area contributed by atoms with Crippen LogP contribution in [0.5, 0.6) is 5.75 Å². The zero-order chi connectivity index (χ0) is 13.7. The lowest BCUT2D eigenvalue weighted by Gasteiger charge is -2.28. The molecule has 0 saturated carbocycles. The van der Waals surface area contributed by atoms with Crippen LogP contribution in [0.4, 0.5) is 0 Å². The van der Waals surface area contributed by atoms with Crippen molar-refractivity contribution in [3.63, 3.8) is 0 Å². The molecule has 1 aliphatic rings. The van der Waals surface area contributed by atoms with Crippen molar-refractivity contribution < 1.29 is 14.3 Å². The van der Waals surface area contributed by atoms with Crippen LogP contribution in [0.3, 0.4) is 0 Å². The number of rotatable bonds is 2. The average molecular weight is 280 g/mol. The number of hydrogen-bond donors (Lipinski definition) is 1. The first-order valence-electron chi connectivity index (χ1n) is 6.03. The molecule has 1 saturated heterocycles. The van der Waals surface area contributed by atoms with Crippen LogP contribution in [0.25, 0.3) is 0 Å². The third-order valence-electron chi connectivity index (χ3n) is 2.87. The van der Waals surface area contributed by atoms with Gasteiger partial charge in [-0.25, -0.2) is 0 Å². The Morgan fingerprint density at radius 2 is 1.95 bits per heavy atom. The molecule has 1 aromatic rings. The number of carbonyl (C=O) groups is 1. The minimum Gasteiger partial charge on any atom is -0.497 e. The van der Waals surface area contributed by atoms with Gasteiger partial charge in [0.05, 0.1) is 20.3 Å². The van der Waals surface area contributed by atoms with E-state index < -0.39 is 0 Å². The summed E-state index contributed by atoms with van der Waals surface area (Å²) in [6.45, 7) is 2.69. The van der Waals surface area contributed by atoms with Gasteiger partial charge in [-0.15, -0.1) is 0 Å². The van der Waals surface area contributed by atoms with Gasteiger partial charge in [-0.1, -0.05) is 0 Å². The van der Waals surface area contributed by atoms with E-state index in [0.717, 1.165) is 0 Å². The topological polar surface area (TPSA) is 50.8 Å². The van der Waals surface area contributed by atoms with Crippen molar-refractivity contribution in [3.8, 4) is 5.75 Å². The average Bonchev–Trinajstić information content (AvgIpc) is 2.48. The molecule has 1 heterocycles. The summed E-state index contributed by atoms with van der Waals surface area (Å²) in [6, 6.07) is 6.89. The molecule has 0 spiro atoms. The lowest BCUT2D eigenvalue weighted by atomic mass is 10.2. The van der Waals surface area contributed by atoms with E-state index in [0.29, 0.717) is 42.7 Å². The summed E-state index contributed by atoms with van der Waals surface area (Å²) in [7, 11) is 1.59. The predicted molar refractivity (Wildman–Crippen MR) is 75.5 cm³/mol. The molecule has 2 rings (SSSR count). The molecular formula is C13H16N2O3S. The minimum absolute atomic E-state index is 0.209. The van der Waals surface area contributed by atoms with E-state index >= 15 is 0 Å². The number of nitrogens with zero attached hydrogens (tertiary/aromatic N) is 1. The molecule has 0 unspecified atom stereocenters. The molecule has 0 bridgehead atoms. The van der Waals surface area contributed by atoms with Crippen LogP contribution in [-0.4, -0.2) is 49.3 Å². The van der Waals surface area contributed by atoms with Crippen LogP contribution in [0.1, 0.15) is 10.4 Å². The molecule has 0 atom stereocenters. The van der Waals surface area contributed by atoms with Crippen LogP contribution >= 0.6 is 12.2 Å². The van der Waals surface area contributed by atoms with Crippen molar-refractivity contribution in [3.05, 3.63) is 29.8 Å². The molecule has 1 fully saturated rings. The van der Waals surface area contributed by atoms with Crippen molar-refractivity contribution >= 4 is 23.2 Å². The van der Waals surface area contributed by atoms with Crippen LogP contribution in [-0.2, 0) is 4.74 Å². The first-order chi connectivity index (χ1) is 9.20. The minimum atomic E-state index is -0.209. The zero-order valence-corrected chi connectivity index (χ0v) is 11.5. The number of nitrogens with one attached hydrogen (secondary N) is 1. The third kappa shape index (κ3) is 3.65. The normalized spacial score (nSPS) is 14.9. The number of morpholine rings is 1. The van der Waals surface area contributed by atoms with Crippen LogP contribution in [0.15, 0.2) is 24.3 Å². The van der Waals surface area contributed by atoms with Crippen molar-refractivity contribution in [2.45, 2.75) is 0 Å². The van der Waals surface area contributed by atoms with Crippen LogP contribution < -0.4 is 10.1 Å². The Hall–Kier alpha value is -1.66. The van der Waals surface area contributed by atoms with Gasteiger partial charge in [0, 0.05) is 18.7 Å². The lowest BCUT2D eigenvalue weighted by Crippen LogP contribution is -2.47. The summed E-state index contributed by atoms with van der Waals surface area (Å²) in [6.07, 6.45) is 0. The lowest BCUT2D eigenvalue weighted by molar-refractivity contribution is 0.0669. The molecule has 0 radical (unpaired) electrons. The van der Waals surface area contributed by atoms with E-state index in [-0.39, 0.29) is 5.91 Å². The molecule has 0 aliphatic carbocycles. The number of thiocarbonyl (C=S) groups is 1. The van der Waals surface area contributed by atoms with Crippen molar-refractivity contribution in [2.24, 2.45) is 0 Å². The molecule has 1 aliphatic heterocycles. The fraction of sp³-hybridized carbons (Fsp3) is 0.385. The Bertz CT molecular complexity index is 455. The fourth-order valence-electron chi connectivity index (χ4n) is 1.76. The van der Waals surface area contributed by atoms with E-state index in [1.165, 1.54) is 0 Å². The van der Waals surface area contributed by atoms with Gasteiger partial charge in [-0.2, -0.15) is 0 Å². The largest absolute Gasteiger partial charge is 0.497 e. The fourth-order valence-corrected chi connectivity index (χ4v) is 2.03. The summed E-state index contributed by atoms with van der Waals surface area (Å²) in [4.78, 5) is 13.9. The van der Waals surface area contributed by atoms with Crippen molar-refractivity contribution in [1.29, 1.82) is 0 Å². The Labute approximate surface area is 117 Å². The highest BCUT2D eigenvalue weighted by Crippen LogP contribution is 2.11. The van der Waals surface area contributed by atoms with Crippen LogP contribution in [0, 0.1) is 0 Å². The number of amides is 1. The molecule has 1 aromatic carbocycles. The van der Waals surface area contributed by atoms with Crippen molar-refractivity contribution in [2.75, 3.05) is 33.4 Å². The van der Waals surface area contributed by atoms with Gasteiger partial charge in [0.25, 0.3) is 5.91 Å². The summed E-state index contributed by atoms with van der Waals surface area (Å²) < 4.78 is 10.3. The number of benzene rings is 1. The van der Waals surface area contributed by atoms with E-state index in [1.54, 1.807) is 31.4 Å². The Morgan fingerprint density at radius 3 is 2.53 bits per heavy atom. The van der Waals surface area contributed by atoms with E-state index in [9.17, 15) is 4.79 Å². The molecule has 1 N–H and O–H groups in total. The summed E-state index contributed by atoms with van der Waals surface area (Å²) >= 11 is 5.21. The maximum absolute atomic E-state index is 12.0. The number of hydrogen-bond acceptors (Lipinski definition) is 4. The van der Waals surface area contributed by atoms with Gasteiger partial charge in [0.15, 0.2) is 5.11 Å². The SMILES string of the molecule is COc1ccc(C(=O)NC(=S)N2CCOCC2)cc1. The first-order valence-corrected chi connectivity index (χ1v) is 6.43. The second kappa shape index (κ2) is 6.49. The molecule has 1 amide bonds. The number of carbonyl (C=O) groups excluding carboxylic acids is 1. The predicted octanol–water partition coefficient (Wildman–Crippen LogP) is 1.04. The van der Waals surface area contributed by atoms with Gasteiger partial charge in [-0.05, 0) is 36.5 Å². The highest BCUT2D eigenvalue weighted by molar-refractivity contribution is 7.80. The van der Waals surface area contributed by atoms with Gasteiger partial charge >= 0.3 is 0 Å². The first kappa shape index (κ1) is 13.8. The zero-order valence-electron chi connectivity index (χ0n) is 10.7. The Kier molecular flexibility index (Phi) is 4.70. The maximum Gasteiger partial charge on any atom is 0.257 e. The van der Waals surface area contributed by atoms with E-state index in [2.05, 4.69) is 5.32 Å². The molecule has 0 aromatic heterocycles. The summed E-state index contributed by atoms with van der Waals surface area (Å²) in [5.41, 5.74) is 0.552. The number of ether oxygens (including phenoxy) is 2. The van der Waals surface area contributed by atoms with Crippen LogP contribution in [0.2, 0.25) is 0 Å². The summed E-state index contributed by atoms with van der Waals surface area (Å²) in [5.74, 6) is 0.506. The molecule has 102 valence electrons. The molecule has 6 heteroatoms. The van der Waals surface area contributed by atoms with E-state index in [1.807, 2.05) is 4.90 Å². The van der Waals surface area contributed by atoms with Gasteiger partial charge in [0.2, 0.25) is 0 Å². The summed E-state index contributed by atoms with van der Waals surface area (Å²) in [5, 5.41) is 3.17.